The minimum atomic E-state index is -0.0368. The smallest absolute Gasteiger partial charge is 0.226 e. The molecule has 0 saturated heterocycles. The number of thiazole rings is 1. The van der Waals surface area contributed by atoms with Gasteiger partial charge in [-0.15, -0.1) is 11.3 Å². The lowest BCUT2D eigenvalue weighted by molar-refractivity contribution is -0.120. The van der Waals surface area contributed by atoms with Crippen molar-refractivity contribution in [3.8, 4) is 5.69 Å². The maximum Gasteiger partial charge on any atom is 0.226 e. The van der Waals surface area contributed by atoms with Crippen molar-refractivity contribution in [3.63, 3.8) is 0 Å². The van der Waals surface area contributed by atoms with Crippen LogP contribution in [0.3, 0.4) is 0 Å². The highest BCUT2D eigenvalue weighted by Crippen LogP contribution is 2.12. The summed E-state index contributed by atoms with van der Waals surface area (Å²) in [5.41, 5.74) is 2.79. The number of benzene rings is 1. The first-order chi connectivity index (χ1) is 11.8. The number of nitrogens with zero attached hydrogens (tertiary/aromatic N) is 4. The van der Waals surface area contributed by atoms with Crippen molar-refractivity contribution in [2.45, 2.75) is 13.0 Å². The van der Waals surface area contributed by atoms with Gasteiger partial charge in [-0.25, -0.2) is 9.67 Å². The molecular formula is C17H15N5OS. The van der Waals surface area contributed by atoms with Crippen molar-refractivity contribution < 1.29 is 4.79 Å². The van der Waals surface area contributed by atoms with E-state index in [-0.39, 0.29) is 12.3 Å². The van der Waals surface area contributed by atoms with Gasteiger partial charge in [-0.1, -0.05) is 12.1 Å². The Balaban J connectivity index is 1.38. The molecule has 0 aliphatic rings. The van der Waals surface area contributed by atoms with Gasteiger partial charge in [0.15, 0.2) is 4.96 Å². The maximum atomic E-state index is 12.1. The van der Waals surface area contributed by atoms with Gasteiger partial charge in [-0.3, -0.25) is 9.20 Å². The first-order valence-corrected chi connectivity index (χ1v) is 8.43. The molecule has 0 aliphatic carbocycles. The molecule has 0 saturated carbocycles. The fraction of sp³-hybridized carbons (Fsp3) is 0.118. The fourth-order valence-corrected chi connectivity index (χ4v) is 3.24. The second kappa shape index (κ2) is 6.29. The zero-order chi connectivity index (χ0) is 16.4. The molecule has 0 fully saturated rings. The molecule has 24 heavy (non-hydrogen) atoms. The van der Waals surface area contributed by atoms with E-state index >= 15 is 0 Å². The number of imidazole rings is 1. The standard InChI is InChI=1S/C17H15N5OS/c23-16(10-14-12-21-7-8-24-17(21)20-14)18-11-13-3-1-4-15(9-13)22-6-2-5-19-22/h1-9,12H,10-11H2,(H,18,23). The van der Waals surface area contributed by atoms with Gasteiger partial charge in [0.25, 0.3) is 0 Å². The number of carbonyl (C=O) groups excluding carboxylic acids is 1. The minimum absolute atomic E-state index is 0.0368. The molecule has 4 rings (SSSR count). The lowest BCUT2D eigenvalue weighted by Crippen LogP contribution is -2.24. The van der Waals surface area contributed by atoms with E-state index in [0.717, 1.165) is 21.9 Å². The molecule has 3 heterocycles. The average molecular weight is 337 g/mol. The largest absolute Gasteiger partial charge is 0.352 e. The van der Waals surface area contributed by atoms with Gasteiger partial charge >= 0.3 is 0 Å². The molecule has 0 spiro atoms. The first-order valence-electron chi connectivity index (χ1n) is 7.55. The molecule has 0 radical (unpaired) electrons. The first kappa shape index (κ1) is 14.6. The predicted molar refractivity (Wildman–Crippen MR) is 92.2 cm³/mol. The highest BCUT2D eigenvalue weighted by Gasteiger charge is 2.08. The number of aromatic nitrogens is 4. The van der Waals surface area contributed by atoms with Crippen LogP contribution in [-0.2, 0) is 17.8 Å². The van der Waals surface area contributed by atoms with Crippen molar-refractivity contribution in [2.75, 3.05) is 0 Å². The average Bonchev–Trinajstić information content (AvgIpc) is 3.30. The molecule has 0 aliphatic heterocycles. The topological polar surface area (TPSA) is 64.2 Å². The molecule has 120 valence electrons. The summed E-state index contributed by atoms with van der Waals surface area (Å²) in [4.78, 5) is 17.5. The summed E-state index contributed by atoms with van der Waals surface area (Å²) >= 11 is 1.56. The normalized spacial score (nSPS) is 11.0. The third-order valence-corrected chi connectivity index (χ3v) is 4.42. The third kappa shape index (κ3) is 3.07. The Labute approximate surface area is 142 Å². The van der Waals surface area contributed by atoms with Gasteiger partial charge < -0.3 is 5.32 Å². The highest BCUT2D eigenvalue weighted by molar-refractivity contribution is 7.15. The number of hydrogen-bond donors (Lipinski definition) is 1. The number of amides is 1. The van der Waals surface area contributed by atoms with E-state index in [0.29, 0.717) is 6.54 Å². The molecule has 1 aromatic carbocycles. The second-order valence-corrected chi connectivity index (χ2v) is 6.27. The van der Waals surface area contributed by atoms with Gasteiger partial charge in [-0.2, -0.15) is 5.10 Å². The molecule has 1 amide bonds. The van der Waals surface area contributed by atoms with Crippen LogP contribution in [-0.4, -0.2) is 25.1 Å². The van der Waals surface area contributed by atoms with E-state index < -0.39 is 0 Å². The summed E-state index contributed by atoms with van der Waals surface area (Å²) in [5.74, 6) is -0.0368. The zero-order valence-electron chi connectivity index (χ0n) is 12.8. The molecule has 1 N–H and O–H groups in total. The SMILES string of the molecule is O=C(Cc1cn2ccsc2n1)NCc1cccc(-n2cccn2)c1. The number of rotatable bonds is 5. The van der Waals surface area contributed by atoms with E-state index in [1.807, 2.05) is 58.7 Å². The summed E-state index contributed by atoms with van der Waals surface area (Å²) in [5, 5.41) is 9.13. The van der Waals surface area contributed by atoms with Crippen LogP contribution in [0.5, 0.6) is 0 Å². The van der Waals surface area contributed by atoms with Crippen LogP contribution in [0.1, 0.15) is 11.3 Å². The van der Waals surface area contributed by atoms with E-state index in [2.05, 4.69) is 15.4 Å². The van der Waals surface area contributed by atoms with Gasteiger partial charge in [-0.05, 0) is 23.8 Å². The van der Waals surface area contributed by atoms with E-state index in [1.54, 1.807) is 22.2 Å². The Hall–Kier alpha value is -2.93. The number of fused-ring (bicyclic) bond motifs is 1. The zero-order valence-corrected chi connectivity index (χ0v) is 13.6. The minimum Gasteiger partial charge on any atom is -0.352 e. The van der Waals surface area contributed by atoms with Gasteiger partial charge in [0, 0.05) is 36.7 Å². The summed E-state index contributed by atoms with van der Waals surface area (Å²) < 4.78 is 3.73. The van der Waals surface area contributed by atoms with Crippen LogP contribution in [0.25, 0.3) is 10.6 Å². The van der Waals surface area contributed by atoms with Crippen LogP contribution in [0.15, 0.2) is 60.5 Å². The highest BCUT2D eigenvalue weighted by atomic mass is 32.1. The Morgan fingerprint density at radius 2 is 2.21 bits per heavy atom. The van der Waals surface area contributed by atoms with Crippen molar-refractivity contribution in [2.24, 2.45) is 0 Å². The van der Waals surface area contributed by atoms with Gasteiger partial charge in [0.05, 0.1) is 17.8 Å². The quantitative estimate of drug-likeness (QED) is 0.608. The Morgan fingerprint density at radius 1 is 1.25 bits per heavy atom. The van der Waals surface area contributed by atoms with Crippen molar-refractivity contribution in [1.82, 2.24) is 24.5 Å². The molecule has 3 aromatic heterocycles. The Bertz CT molecular complexity index is 941. The van der Waals surface area contributed by atoms with Gasteiger partial charge in [0.1, 0.15) is 0 Å². The molecular weight excluding hydrogens is 322 g/mol. The van der Waals surface area contributed by atoms with Gasteiger partial charge in [0.2, 0.25) is 5.91 Å². The summed E-state index contributed by atoms with van der Waals surface area (Å²) in [6.07, 6.45) is 7.75. The Morgan fingerprint density at radius 3 is 3.04 bits per heavy atom. The van der Waals surface area contributed by atoms with Crippen molar-refractivity contribution in [1.29, 1.82) is 0 Å². The molecule has 6 nitrogen and oxygen atoms in total. The summed E-state index contributed by atoms with van der Waals surface area (Å²) in [6.45, 7) is 0.482. The lowest BCUT2D eigenvalue weighted by atomic mass is 10.2. The van der Waals surface area contributed by atoms with E-state index in [9.17, 15) is 4.79 Å². The molecule has 7 heteroatoms. The van der Waals surface area contributed by atoms with E-state index in [4.69, 9.17) is 0 Å². The second-order valence-electron chi connectivity index (χ2n) is 5.40. The molecule has 0 atom stereocenters. The third-order valence-electron chi connectivity index (χ3n) is 3.65. The Kier molecular flexibility index (Phi) is 3.84. The van der Waals surface area contributed by atoms with E-state index in [1.165, 1.54) is 0 Å². The summed E-state index contributed by atoms with van der Waals surface area (Å²) in [6, 6.07) is 9.82. The van der Waals surface area contributed by atoms with Crippen LogP contribution >= 0.6 is 11.3 Å². The van der Waals surface area contributed by atoms with Crippen LogP contribution in [0.2, 0.25) is 0 Å². The number of hydrogen-bond acceptors (Lipinski definition) is 4. The van der Waals surface area contributed by atoms with Crippen LogP contribution < -0.4 is 5.32 Å². The van der Waals surface area contributed by atoms with Crippen LogP contribution in [0.4, 0.5) is 0 Å². The number of carbonyl (C=O) groups is 1. The molecule has 0 unspecified atom stereocenters. The lowest BCUT2D eigenvalue weighted by Gasteiger charge is -2.07. The van der Waals surface area contributed by atoms with Crippen LogP contribution in [0, 0.1) is 0 Å². The molecule has 4 aromatic rings. The number of nitrogens with one attached hydrogen (secondary N) is 1. The predicted octanol–water partition coefficient (Wildman–Crippen LogP) is 2.44. The van der Waals surface area contributed by atoms with Crippen molar-refractivity contribution in [3.05, 3.63) is 71.8 Å². The fourth-order valence-electron chi connectivity index (χ4n) is 2.52. The molecule has 0 bridgehead atoms. The van der Waals surface area contributed by atoms with Crippen molar-refractivity contribution >= 4 is 22.2 Å². The summed E-state index contributed by atoms with van der Waals surface area (Å²) in [7, 11) is 0. The maximum absolute atomic E-state index is 12.1. The monoisotopic (exact) mass is 337 g/mol.